The zero-order valence-corrected chi connectivity index (χ0v) is 15.1. The molecule has 0 saturated carbocycles. The Morgan fingerprint density at radius 1 is 1.19 bits per heavy atom. The second kappa shape index (κ2) is 8.29. The quantitative estimate of drug-likeness (QED) is 0.671. The van der Waals surface area contributed by atoms with E-state index in [2.05, 4.69) is 15.5 Å². The van der Waals surface area contributed by atoms with Gasteiger partial charge in [0, 0.05) is 25.0 Å². The molecule has 1 aliphatic rings. The summed E-state index contributed by atoms with van der Waals surface area (Å²) in [7, 11) is -3.59. The highest BCUT2D eigenvalue weighted by atomic mass is 32.2. The summed E-state index contributed by atoms with van der Waals surface area (Å²) < 4.78 is 36.4. The first-order valence-electron chi connectivity index (χ1n) is 8.11. The van der Waals surface area contributed by atoms with Gasteiger partial charge >= 0.3 is 5.97 Å². The van der Waals surface area contributed by atoms with Crippen LogP contribution in [-0.4, -0.2) is 67.7 Å². The van der Waals surface area contributed by atoms with Crippen molar-refractivity contribution in [3.8, 4) is 0 Å². The Morgan fingerprint density at radius 2 is 1.89 bits per heavy atom. The Kier molecular flexibility index (Phi) is 5.84. The van der Waals surface area contributed by atoms with Crippen LogP contribution in [0, 0.1) is 0 Å². The molecule has 0 radical (unpaired) electrons. The minimum Gasteiger partial charge on any atom is -0.451 e. The van der Waals surface area contributed by atoms with Crippen LogP contribution in [0.25, 0.3) is 0 Å². The van der Waals surface area contributed by atoms with Crippen molar-refractivity contribution in [2.45, 2.75) is 4.90 Å². The van der Waals surface area contributed by atoms with Crippen LogP contribution in [0.1, 0.15) is 10.5 Å². The predicted molar refractivity (Wildman–Crippen MR) is 93.5 cm³/mol. The number of ether oxygens (including phenoxy) is 2. The molecule has 2 N–H and O–H groups in total. The van der Waals surface area contributed by atoms with Crippen molar-refractivity contribution in [2.75, 3.05) is 38.2 Å². The van der Waals surface area contributed by atoms with E-state index in [0.717, 1.165) is 0 Å². The van der Waals surface area contributed by atoms with Crippen molar-refractivity contribution >= 4 is 27.6 Å². The molecule has 2 aromatic rings. The van der Waals surface area contributed by atoms with Crippen LogP contribution >= 0.6 is 0 Å². The van der Waals surface area contributed by atoms with E-state index in [1.807, 2.05) is 0 Å². The average Bonchev–Trinajstić information content (AvgIpc) is 3.22. The number of nitrogens with one attached hydrogen (secondary N) is 2. The third-order valence-corrected chi connectivity index (χ3v) is 5.71. The lowest BCUT2D eigenvalue weighted by molar-refractivity contribution is -0.119. The van der Waals surface area contributed by atoms with E-state index < -0.39 is 28.5 Å². The molecular formula is C16H18N4O6S. The fourth-order valence-electron chi connectivity index (χ4n) is 2.42. The fourth-order valence-corrected chi connectivity index (χ4v) is 3.83. The molecule has 1 aromatic carbocycles. The SMILES string of the molecule is O=C(COC(=O)c1ccn[nH]1)Nc1ccc(S(=O)(=O)N2CCOCC2)cc1. The number of H-pyrrole nitrogens is 1. The van der Waals surface area contributed by atoms with Crippen LogP contribution in [0.5, 0.6) is 0 Å². The van der Waals surface area contributed by atoms with Gasteiger partial charge in [-0.2, -0.15) is 9.40 Å². The molecule has 0 atom stereocenters. The molecule has 1 fully saturated rings. The number of hydrogen-bond acceptors (Lipinski definition) is 7. The lowest BCUT2D eigenvalue weighted by Gasteiger charge is -2.26. The van der Waals surface area contributed by atoms with Crippen LogP contribution in [-0.2, 0) is 24.3 Å². The Morgan fingerprint density at radius 3 is 2.52 bits per heavy atom. The number of aromatic amines is 1. The Labute approximate surface area is 155 Å². The normalized spacial score (nSPS) is 15.3. The molecule has 0 bridgehead atoms. The highest BCUT2D eigenvalue weighted by Gasteiger charge is 2.26. The largest absolute Gasteiger partial charge is 0.451 e. The number of rotatable bonds is 6. The van der Waals surface area contributed by atoms with Gasteiger partial charge in [0.1, 0.15) is 5.69 Å². The van der Waals surface area contributed by atoms with Gasteiger partial charge in [0.2, 0.25) is 10.0 Å². The smallest absolute Gasteiger partial charge is 0.356 e. The first-order valence-corrected chi connectivity index (χ1v) is 9.55. The molecule has 1 saturated heterocycles. The summed E-state index contributed by atoms with van der Waals surface area (Å²) in [5.74, 6) is -1.25. The summed E-state index contributed by atoms with van der Waals surface area (Å²) in [5.41, 5.74) is 0.527. The van der Waals surface area contributed by atoms with Gasteiger partial charge < -0.3 is 14.8 Å². The molecule has 1 aromatic heterocycles. The number of carbonyl (C=O) groups excluding carboxylic acids is 2. The number of hydrogen-bond donors (Lipinski definition) is 2. The predicted octanol–water partition coefficient (Wildman–Crippen LogP) is 0.226. The van der Waals surface area contributed by atoms with Gasteiger partial charge in [-0.15, -0.1) is 0 Å². The summed E-state index contributed by atoms with van der Waals surface area (Å²) in [6.07, 6.45) is 1.39. The molecule has 11 heteroatoms. The minimum absolute atomic E-state index is 0.132. The van der Waals surface area contributed by atoms with Crippen molar-refractivity contribution in [3.05, 3.63) is 42.2 Å². The van der Waals surface area contributed by atoms with Gasteiger partial charge in [-0.05, 0) is 30.3 Å². The maximum absolute atomic E-state index is 12.5. The number of morpholine rings is 1. The number of nitrogens with zero attached hydrogens (tertiary/aromatic N) is 2. The van der Waals surface area contributed by atoms with Crippen LogP contribution in [0.4, 0.5) is 5.69 Å². The van der Waals surface area contributed by atoms with E-state index in [4.69, 9.17) is 9.47 Å². The maximum atomic E-state index is 12.5. The molecule has 1 amide bonds. The summed E-state index contributed by atoms with van der Waals surface area (Å²) in [6, 6.07) is 7.20. The Balaban J connectivity index is 1.55. The number of carbonyl (C=O) groups is 2. The van der Waals surface area contributed by atoms with Gasteiger partial charge in [0.25, 0.3) is 5.91 Å². The van der Waals surface area contributed by atoms with Crippen molar-refractivity contribution < 1.29 is 27.5 Å². The molecule has 3 rings (SSSR count). The third kappa shape index (κ3) is 4.70. The number of benzene rings is 1. The number of anilines is 1. The Bertz CT molecular complexity index is 890. The van der Waals surface area contributed by atoms with Crippen molar-refractivity contribution in [1.29, 1.82) is 0 Å². The summed E-state index contributed by atoms with van der Waals surface area (Å²) in [5, 5.41) is 8.58. The van der Waals surface area contributed by atoms with E-state index in [0.29, 0.717) is 32.0 Å². The van der Waals surface area contributed by atoms with Crippen molar-refractivity contribution in [3.63, 3.8) is 0 Å². The minimum atomic E-state index is -3.59. The maximum Gasteiger partial charge on any atom is 0.356 e. The monoisotopic (exact) mass is 394 g/mol. The van der Waals surface area contributed by atoms with Gasteiger partial charge in [0.15, 0.2) is 6.61 Å². The molecule has 0 spiro atoms. The topological polar surface area (TPSA) is 131 Å². The van der Waals surface area contributed by atoms with Crippen LogP contribution in [0.2, 0.25) is 0 Å². The standard InChI is InChI=1S/C16H18N4O6S/c21-15(11-26-16(22)14-5-6-17-19-14)18-12-1-3-13(4-2-12)27(23,24)20-7-9-25-10-8-20/h1-6H,7-11H2,(H,17,19)(H,18,21). The van der Waals surface area contributed by atoms with Crippen LogP contribution in [0.15, 0.2) is 41.4 Å². The summed E-state index contributed by atoms with van der Waals surface area (Å²) in [6.45, 7) is 0.867. The molecule has 144 valence electrons. The van der Waals surface area contributed by atoms with E-state index in [1.54, 1.807) is 0 Å². The molecule has 0 unspecified atom stereocenters. The highest BCUT2D eigenvalue weighted by molar-refractivity contribution is 7.89. The fraction of sp³-hybridized carbons (Fsp3) is 0.312. The number of amides is 1. The van der Waals surface area contributed by atoms with Gasteiger partial charge in [0.05, 0.1) is 18.1 Å². The van der Waals surface area contributed by atoms with Gasteiger partial charge in [-0.1, -0.05) is 0 Å². The molecule has 0 aliphatic carbocycles. The van der Waals surface area contributed by atoms with E-state index >= 15 is 0 Å². The zero-order chi connectivity index (χ0) is 19.3. The van der Waals surface area contributed by atoms with Gasteiger partial charge in [-0.3, -0.25) is 9.89 Å². The lowest BCUT2D eigenvalue weighted by Crippen LogP contribution is -2.40. The van der Waals surface area contributed by atoms with Crippen LogP contribution in [0.3, 0.4) is 0 Å². The second-order valence-corrected chi connectivity index (χ2v) is 7.57. The highest BCUT2D eigenvalue weighted by Crippen LogP contribution is 2.19. The molecule has 1 aliphatic heterocycles. The summed E-state index contributed by atoms with van der Waals surface area (Å²) in [4.78, 5) is 23.6. The number of esters is 1. The van der Waals surface area contributed by atoms with Gasteiger partial charge in [-0.25, -0.2) is 13.2 Å². The second-order valence-electron chi connectivity index (χ2n) is 5.64. The van der Waals surface area contributed by atoms with E-state index in [9.17, 15) is 18.0 Å². The average molecular weight is 394 g/mol. The number of aromatic nitrogens is 2. The molecular weight excluding hydrogens is 376 g/mol. The first-order chi connectivity index (χ1) is 13.0. The Hall–Kier alpha value is -2.76. The molecule has 2 heterocycles. The van der Waals surface area contributed by atoms with E-state index in [-0.39, 0.29) is 10.6 Å². The third-order valence-electron chi connectivity index (χ3n) is 3.80. The lowest BCUT2D eigenvalue weighted by atomic mass is 10.3. The first kappa shape index (κ1) is 19.0. The van der Waals surface area contributed by atoms with Crippen molar-refractivity contribution in [2.24, 2.45) is 0 Å². The molecule has 10 nitrogen and oxygen atoms in total. The van der Waals surface area contributed by atoms with E-state index in [1.165, 1.54) is 40.8 Å². The van der Waals surface area contributed by atoms with Crippen LogP contribution < -0.4 is 5.32 Å². The zero-order valence-electron chi connectivity index (χ0n) is 14.3. The molecule has 27 heavy (non-hydrogen) atoms. The van der Waals surface area contributed by atoms with Crippen molar-refractivity contribution in [1.82, 2.24) is 14.5 Å². The number of sulfonamides is 1. The summed E-state index contributed by atoms with van der Waals surface area (Å²) >= 11 is 0.